The molecule has 0 N–H and O–H groups in total. The van der Waals surface area contributed by atoms with Crippen molar-refractivity contribution < 1.29 is 0 Å². The first-order valence-corrected chi connectivity index (χ1v) is 10.7. The van der Waals surface area contributed by atoms with Crippen molar-refractivity contribution in [1.82, 2.24) is 4.57 Å². The quantitative estimate of drug-likeness (QED) is 0.420. The molecule has 0 aliphatic heterocycles. The van der Waals surface area contributed by atoms with Crippen LogP contribution in [0.2, 0.25) is 0 Å². The van der Waals surface area contributed by atoms with Crippen molar-refractivity contribution in [2.45, 2.75) is 48.0 Å². The molecule has 1 aromatic heterocycles. The average Bonchev–Trinajstić information content (AvgIpc) is 3.01. The third-order valence-corrected chi connectivity index (χ3v) is 5.73. The second kappa shape index (κ2) is 9.13. The van der Waals surface area contributed by atoms with Gasteiger partial charge in [-0.05, 0) is 82.5 Å². The highest BCUT2D eigenvalue weighted by atomic mass is 15.1. The van der Waals surface area contributed by atoms with Crippen LogP contribution in [0.3, 0.4) is 0 Å². The number of nitrogens with zero attached hydrogens (tertiary/aromatic N) is 3. The fourth-order valence-corrected chi connectivity index (χ4v) is 4.07. The van der Waals surface area contributed by atoms with Crippen molar-refractivity contribution in [1.29, 1.82) is 0 Å². The molecular formula is C26H33N3. The van der Waals surface area contributed by atoms with Crippen LogP contribution in [0.15, 0.2) is 53.5 Å². The van der Waals surface area contributed by atoms with Gasteiger partial charge >= 0.3 is 0 Å². The summed E-state index contributed by atoms with van der Waals surface area (Å²) in [6, 6.07) is 17.3. The summed E-state index contributed by atoms with van der Waals surface area (Å²) in [4.78, 5) is 7.09. The molecule has 3 heteroatoms. The summed E-state index contributed by atoms with van der Waals surface area (Å²) < 4.78 is 2.37. The van der Waals surface area contributed by atoms with E-state index in [0.717, 1.165) is 25.2 Å². The minimum absolute atomic E-state index is 0.982. The van der Waals surface area contributed by atoms with Crippen LogP contribution in [0.5, 0.6) is 0 Å². The number of aliphatic imine (C=N–C) groups is 1. The molecule has 0 aliphatic rings. The van der Waals surface area contributed by atoms with Gasteiger partial charge in [-0.3, -0.25) is 4.99 Å². The summed E-state index contributed by atoms with van der Waals surface area (Å²) in [7, 11) is 0. The van der Waals surface area contributed by atoms with Crippen LogP contribution in [-0.4, -0.2) is 23.9 Å². The lowest BCUT2D eigenvalue weighted by molar-refractivity contribution is 0.866. The second-order valence-electron chi connectivity index (χ2n) is 7.54. The average molecular weight is 388 g/mol. The lowest BCUT2D eigenvalue weighted by Gasteiger charge is -2.20. The second-order valence-corrected chi connectivity index (χ2v) is 7.54. The molecule has 1 heterocycles. The minimum atomic E-state index is 0.982. The normalized spacial score (nSPS) is 11.4. The fourth-order valence-electron chi connectivity index (χ4n) is 4.07. The summed E-state index contributed by atoms with van der Waals surface area (Å²) in [6.45, 7) is 15.2. The SMILES string of the molecule is CCc1cccc(C)c1-n1c(C)cc(C=Nc2ccc(N(CC)CC)cc2)c1C. The minimum Gasteiger partial charge on any atom is -0.372 e. The van der Waals surface area contributed by atoms with Crippen LogP contribution >= 0.6 is 0 Å². The molecule has 0 radical (unpaired) electrons. The molecular weight excluding hydrogens is 354 g/mol. The van der Waals surface area contributed by atoms with Gasteiger partial charge in [-0.1, -0.05) is 25.1 Å². The summed E-state index contributed by atoms with van der Waals surface area (Å²) in [6.07, 6.45) is 3.02. The van der Waals surface area contributed by atoms with Crippen molar-refractivity contribution in [3.63, 3.8) is 0 Å². The maximum Gasteiger partial charge on any atom is 0.0631 e. The Kier molecular flexibility index (Phi) is 6.58. The number of aromatic nitrogens is 1. The highest BCUT2D eigenvalue weighted by Gasteiger charge is 2.14. The molecule has 2 aromatic carbocycles. The van der Waals surface area contributed by atoms with Gasteiger partial charge in [-0.15, -0.1) is 0 Å². The van der Waals surface area contributed by atoms with Crippen molar-refractivity contribution in [3.05, 3.63) is 76.6 Å². The highest BCUT2D eigenvalue weighted by molar-refractivity contribution is 5.84. The zero-order valence-corrected chi connectivity index (χ0v) is 18.7. The van der Waals surface area contributed by atoms with Crippen molar-refractivity contribution in [2.24, 2.45) is 4.99 Å². The molecule has 0 aliphatic carbocycles. The zero-order chi connectivity index (χ0) is 21.0. The van der Waals surface area contributed by atoms with Gasteiger partial charge in [0.15, 0.2) is 0 Å². The Bertz CT molecular complexity index is 990. The van der Waals surface area contributed by atoms with E-state index in [-0.39, 0.29) is 0 Å². The number of benzene rings is 2. The van der Waals surface area contributed by atoms with Crippen LogP contribution in [0.4, 0.5) is 11.4 Å². The van der Waals surface area contributed by atoms with Gasteiger partial charge in [-0.2, -0.15) is 0 Å². The number of anilines is 1. The molecule has 0 bridgehead atoms. The first-order valence-electron chi connectivity index (χ1n) is 10.7. The van der Waals surface area contributed by atoms with Crippen LogP contribution in [-0.2, 0) is 6.42 Å². The Balaban J connectivity index is 1.92. The number of hydrogen-bond donors (Lipinski definition) is 0. The van der Waals surface area contributed by atoms with Crippen molar-refractivity contribution >= 4 is 17.6 Å². The molecule has 0 saturated carbocycles. The standard InChI is InChI=1S/C26H33N3/c1-7-22-12-10-11-19(4)26(22)29-20(5)17-23(21(29)6)18-27-24-13-15-25(16-14-24)28(8-2)9-3/h10-18H,7-9H2,1-6H3. The van der Waals surface area contributed by atoms with Crippen LogP contribution in [0.25, 0.3) is 5.69 Å². The Hall–Kier alpha value is -2.81. The fraction of sp³-hybridized carbons (Fsp3) is 0.346. The molecule has 0 saturated heterocycles. The summed E-state index contributed by atoms with van der Waals surface area (Å²) in [5.74, 6) is 0. The predicted octanol–water partition coefficient (Wildman–Crippen LogP) is 6.56. The molecule has 3 nitrogen and oxygen atoms in total. The van der Waals surface area contributed by atoms with Gasteiger partial charge in [-0.25, -0.2) is 0 Å². The van der Waals surface area contributed by atoms with Crippen molar-refractivity contribution in [2.75, 3.05) is 18.0 Å². The monoisotopic (exact) mass is 387 g/mol. The topological polar surface area (TPSA) is 20.5 Å². The molecule has 0 amide bonds. The lowest BCUT2D eigenvalue weighted by Crippen LogP contribution is -2.21. The van der Waals surface area contributed by atoms with E-state index < -0.39 is 0 Å². The van der Waals surface area contributed by atoms with E-state index in [0.29, 0.717) is 0 Å². The Morgan fingerprint density at radius 1 is 0.931 bits per heavy atom. The molecule has 3 rings (SSSR count). The van der Waals surface area contributed by atoms with E-state index in [1.54, 1.807) is 0 Å². The van der Waals surface area contributed by atoms with Gasteiger partial charge < -0.3 is 9.47 Å². The number of hydrogen-bond acceptors (Lipinski definition) is 2. The van der Waals surface area contributed by atoms with E-state index >= 15 is 0 Å². The lowest BCUT2D eigenvalue weighted by atomic mass is 10.1. The Morgan fingerprint density at radius 2 is 1.62 bits per heavy atom. The van der Waals surface area contributed by atoms with Gasteiger partial charge in [0.05, 0.1) is 11.4 Å². The van der Waals surface area contributed by atoms with E-state index in [1.165, 1.54) is 39.5 Å². The van der Waals surface area contributed by atoms with Gasteiger partial charge in [0, 0.05) is 41.9 Å². The largest absolute Gasteiger partial charge is 0.372 e. The smallest absolute Gasteiger partial charge is 0.0631 e. The Labute approximate surface area is 175 Å². The van der Waals surface area contributed by atoms with E-state index in [4.69, 9.17) is 4.99 Å². The number of rotatable bonds is 7. The third kappa shape index (κ3) is 4.29. The summed E-state index contributed by atoms with van der Waals surface area (Å²) in [5.41, 5.74) is 9.87. The molecule has 29 heavy (non-hydrogen) atoms. The summed E-state index contributed by atoms with van der Waals surface area (Å²) >= 11 is 0. The van der Waals surface area contributed by atoms with Gasteiger partial charge in [0.2, 0.25) is 0 Å². The summed E-state index contributed by atoms with van der Waals surface area (Å²) in [5, 5.41) is 0. The zero-order valence-electron chi connectivity index (χ0n) is 18.7. The van der Waals surface area contributed by atoms with Crippen molar-refractivity contribution in [3.8, 4) is 5.69 Å². The van der Waals surface area contributed by atoms with Gasteiger partial charge in [0.1, 0.15) is 0 Å². The highest BCUT2D eigenvalue weighted by Crippen LogP contribution is 2.27. The molecule has 0 spiro atoms. The molecule has 0 unspecified atom stereocenters. The van der Waals surface area contributed by atoms with Crippen LogP contribution in [0, 0.1) is 20.8 Å². The maximum atomic E-state index is 4.75. The number of aryl methyl sites for hydroxylation is 3. The van der Waals surface area contributed by atoms with E-state index in [2.05, 4.69) is 99.5 Å². The first-order chi connectivity index (χ1) is 14.0. The maximum absolute atomic E-state index is 4.75. The molecule has 0 atom stereocenters. The molecule has 0 fully saturated rings. The third-order valence-electron chi connectivity index (χ3n) is 5.73. The van der Waals surface area contributed by atoms with Crippen LogP contribution in [0.1, 0.15) is 48.8 Å². The number of para-hydroxylation sites is 1. The Morgan fingerprint density at radius 3 is 2.24 bits per heavy atom. The first kappa shape index (κ1) is 20.9. The molecule has 152 valence electrons. The van der Waals surface area contributed by atoms with Gasteiger partial charge in [0.25, 0.3) is 0 Å². The van der Waals surface area contributed by atoms with Crippen LogP contribution < -0.4 is 4.90 Å². The van der Waals surface area contributed by atoms with E-state index in [9.17, 15) is 0 Å². The predicted molar refractivity (Wildman–Crippen MR) is 127 cm³/mol. The van der Waals surface area contributed by atoms with E-state index in [1.807, 2.05) is 6.21 Å². The molecule has 3 aromatic rings.